The lowest BCUT2D eigenvalue weighted by molar-refractivity contribution is -0.117. The van der Waals surface area contributed by atoms with Gasteiger partial charge in [-0.05, 0) is 26.3 Å². The van der Waals surface area contributed by atoms with E-state index < -0.39 is 5.97 Å². The van der Waals surface area contributed by atoms with E-state index in [1.165, 1.54) is 6.20 Å². The van der Waals surface area contributed by atoms with Crippen molar-refractivity contribution in [1.82, 2.24) is 15.5 Å². The van der Waals surface area contributed by atoms with Crippen LogP contribution >= 0.6 is 0 Å². The Hall–Kier alpha value is -1.89. The lowest BCUT2D eigenvalue weighted by atomic mass is 10.2. The molecule has 1 amide bonds. The highest BCUT2D eigenvalue weighted by molar-refractivity contribution is 6.01. The number of hydrogen-bond acceptors (Lipinski definition) is 5. The molecule has 2 heterocycles. The fraction of sp³-hybridized carbons (Fsp3) is 0.545. The number of aromatic amines is 1. The summed E-state index contributed by atoms with van der Waals surface area (Å²) in [6.07, 6.45) is 3.12. The Morgan fingerprint density at radius 2 is 2.44 bits per heavy atom. The molecular weight excluding hydrogens is 236 g/mol. The molecule has 7 nitrogen and oxygen atoms in total. The van der Waals surface area contributed by atoms with Gasteiger partial charge in [-0.3, -0.25) is 9.89 Å². The van der Waals surface area contributed by atoms with Gasteiger partial charge in [0.2, 0.25) is 5.91 Å². The Kier molecular flexibility index (Phi) is 3.93. The number of ether oxygens (including phenoxy) is 1. The van der Waals surface area contributed by atoms with E-state index >= 15 is 0 Å². The highest BCUT2D eigenvalue weighted by Gasteiger charge is 2.24. The van der Waals surface area contributed by atoms with Crippen LogP contribution in [0.2, 0.25) is 0 Å². The minimum atomic E-state index is -0.499. The van der Waals surface area contributed by atoms with Crippen molar-refractivity contribution < 1.29 is 14.3 Å². The van der Waals surface area contributed by atoms with E-state index in [4.69, 9.17) is 4.74 Å². The van der Waals surface area contributed by atoms with E-state index in [0.717, 1.165) is 19.4 Å². The Morgan fingerprint density at radius 3 is 3.11 bits per heavy atom. The summed E-state index contributed by atoms with van der Waals surface area (Å²) in [5.74, 6) is -0.379. The molecule has 0 spiro atoms. The molecule has 1 aliphatic heterocycles. The number of H-pyrrole nitrogens is 1. The first-order valence-corrected chi connectivity index (χ1v) is 5.97. The summed E-state index contributed by atoms with van der Waals surface area (Å²) < 4.78 is 4.87. The molecule has 0 bridgehead atoms. The maximum atomic E-state index is 11.9. The molecule has 1 atom stereocenters. The number of hydrogen-bond donors (Lipinski definition) is 3. The van der Waals surface area contributed by atoms with Crippen molar-refractivity contribution in [2.75, 3.05) is 18.5 Å². The van der Waals surface area contributed by atoms with Gasteiger partial charge in [0.15, 0.2) is 0 Å². The second kappa shape index (κ2) is 5.63. The molecule has 98 valence electrons. The Balaban J connectivity index is 2.02. The van der Waals surface area contributed by atoms with Gasteiger partial charge in [-0.2, -0.15) is 5.10 Å². The first-order valence-electron chi connectivity index (χ1n) is 5.97. The van der Waals surface area contributed by atoms with Gasteiger partial charge in [0.25, 0.3) is 0 Å². The largest absolute Gasteiger partial charge is 0.462 e. The lowest BCUT2D eigenvalue weighted by Crippen LogP contribution is -2.36. The average molecular weight is 252 g/mol. The van der Waals surface area contributed by atoms with Crippen molar-refractivity contribution in [3.8, 4) is 0 Å². The number of nitrogens with zero attached hydrogens (tertiary/aromatic N) is 1. The Bertz CT molecular complexity index is 437. The number of carbonyl (C=O) groups excluding carboxylic acids is 2. The fourth-order valence-corrected chi connectivity index (χ4v) is 1.86. The predicted molar refractivity (Wildman–Crippen MR) is 64.2 cm³/mol. The number of nitrogens with one attached hydrogen (secondary N) is 3. The monoisotopic (exact) mass is 252 g/mol. The average Bonchev–Trinajstić information content (AvgIpc) is 2.99. The molecule has 2 rings (SSSR count). The molecule has 0 radical (unpaired) electrons. The third-order valence-corrected chi connectivity index (χ3v) is 2.76. The van der Waals surface area contributed by atoms with Crippen molar-refractivity contribution in [3.05, 3.63) is 11.8 Å². The van der Waals surface area contributed by atoms with Crippen LogP contribution in [0.5, 0.6) is 0 Å². The number of rotatable bonds is 4. The van der Waals surface area contributed by atoms with Crippen molar-refractivity contribution in [2.45, 2.75) is 25.8 Å². The zero-order valence-electron chi connectivity index (χ0n) is 10.2. The fourth-order valence-electron chi connectivity index (χ4n) is 1.86. The van der Waals surface area contributed by atoms with Gasteiger partial charge in [0.05, 0.1) is 18.8 Å². The van der Waals surface area contributed by atoms with Gasteiger partial charge in [-0.15, -0.1) is 0 Å². The molecule has 0 saturated carbocycles. The molecule has 0 aliphatic carbocycles. The highest BCUT2D eigenvalue weighted by Crippen LogP contribution is 2.14. The molecule has 1 saturated heterocycles. The summed E-state index contributed by atoms with van der Waals surface area (Å²) in [7, 11) is 0. The summed E-state index contributed by atoms with van der Waals surface area (Å²) in [6.45, 7) is 2.84. The van der Waals surface area contributed by atoms with E-state index in [2.05, 4.69) is 20.8 Å². The van der Waals surface area contributed by atoms with Crippen molar-refractivity contribution in [3.63, 3.8) is 0 Å². The number of carbonyl (C=O) groups is 2. The molecule has 1 fully saturated rings. The SMILES string of the molecule is CCOC(=O)c1cn[nH]c1NC(=O)C1CCCN1. The number of amides is 1. The van der Waals surface area contributed by atoms with Crippen LogP contribution in [-0.4, -0.2) is 41.3 Å². The third-order valence-electron chi connectivity index (χ3n) is 2.76. The smallest absolute Gasteiger partial charge is 0.343 e. The summed E-state index contributed by atoms with van der Waals surface area (Å²) in [6, 6.07) is -0.205. The third kappa shape index (κ3) is 2.67. The van der Waals surface area contributed by atoms with Gasteiger partial charge in [-0.1, -0.05) is 0 Å². The summed E-state index contributed by atoms with van der Waals surface area (Å²) in [5, 5.41) is 12.1. The van der Waals surface area contributed by atoms with Crippen LogP contribution in [0, 0.1) is 0 Å². The van der Waals surface area contributed by atoms with Gasteiger partial charge < -0.3 is 15.4 Å². The molecule has 1 aromatic rings. The molecule has 1 unspecified atom stereocenters. The van der Waals surface area contributed by atoms with Crippen LogP contribution in [0.25, 0.3) is 0 Å². The van der Waals surface area contributed by atoms with E-state index in [-0.39, 0.29) is 29.9 Å². The van der Waals surface area contributed by atoms with Crippen LogP contribution in [0.4, 0.5) is 5.82 Å². The van der Waals surface area contributed by atoms with E-state index in [1.807, 2.05) is 0 Å². The van der Waals surface area contributed by atoms with Gasteiger partial charge in [-0.25, -0.2) is 4.79 Å². The highest BCUT2D eigenvalue weighted by atomic mass is 16.5. The molecular formula is C11H16N4O3. The van der Waals surface area contributed by atoms with Crippen molar-refractivity contribution in [1.29, 1.82) is 0 Å². The number of anilines is 1. The predicted octanol–water partition coefficient (Wildman–Crippen LogP) is 0.277. The summed E-state index contributed by atoms with van der Waals surface area (Å²) in [5.41, 5.74) is 0.239. The van der Waals surface area contributed by atoms with Gasteiger partial charge in [0, 0.05) is 0 Å². The van der Waals surface area contributed by atoms with Crippen LogP contribution in [0.1, 0.15) is 30.1 Å². The molecule has 0 aromatic carbocycles. The quantitative estimate of drug-likeness (QED) is 0.669. The molecule has 1 aromatic heterocycles. The topological polar surface area (TPSA) is 96.1 Å². The summed E-state index contributed by atoms with van der Waals surface area (Å²) in [4.78, 5) is 23.5. The maximum absolute atomic E-state index is 11.9. The van der Waals surface area contributed by atoms with Gasteiger partial charge >= 0.3 is 5.97 Å². The van der Waals surface area contributed by atoms with Crippen molar-refractivity contribution in [2.24, 2.45) is 0 Å². The lowest BCUT2D eigenvalue weighted by Gasteiger charge is -2.10. The Morgan fingerprint density at radius 1 is 1.61 bits per heavy atom. The van der Waals surface area contributed by atoms with Gasteiger partial charge in [0.1, 0.15) is 11.4 Å². The zero-order chi connectivity index (χ0) is 13.0. The first-order chi connectivity index (χ1) is 8.72. The van der Waals surface area contributed by atoms with E-state index in [0.29, 0.717) is 0 Å². The maximum Gasteiger partial charge on any atom is 0.343 e. The van der Waals surface area contributed by atoms with Crippen LogP contribution < -0.4 is 10.6 Å². The zero-order valence-corrected chi connectivity index (χ0v) is 10.2. The normalized spacial score (nSPS) is 18.6. The molecule has 18 heavy (non-hydrogen) atoms. The second-order valence-electron chi connectivity index (χ2n) is 4.02. The molecule has 1 aliphatic rings. The first kappa shape index (κ1) is 12.6. The van der Waals surface area contributed by atoms with Crippen molar-refractivity contribution >= 4 is 17.7 Å². The molecule has 3 N–H and O–H groups in total. The van der Waals surface area contributed by atoms with Crippen LogP contribution in [0.15, 0.2) is 6.20 Å². The molecule has 7 heteroatoms. The standard InChI is InChI=1S/C11H16N4O3/c1-2-18-11(17)7-6-13-15-9(7)14-10(16)8-4-3-5-12-8/h6,8,12H,2-5H2,1H3,(H2,13,14,15,16). The van der Waals surface area contributed by atoms with E-state index in [9.17, 15) is 9.59 Å². The van der Waals surface area contributed by atoms with Crippen LogP contribution in [-0.2, 0) is 9.53 Å². The Labute approximate surface area is 104 Å². The van der Waals surface area contributed by atoms with E-state index in [1.54, 1.807) is 6.92 Å². The summed E-state index contributed by atoms with van der Waals surface area (Å²) >= 11 is 0. The minimum absolute atomic E-state index is 0.165. The van der Waals surface area contributed by atoms with Crippen LogP contribution in [0.3, 0.4) is 0 Å². The number of esters is 1. The minimum Gasteiger partial charge on any atom is -0.462 e. The number of aromatic nitrogens is 2. The second-order valence-corrected chi connectivity index (χ2v) is 4.02.